The molecule has 1 saturated heterocycles. The molecule has 2 aromatic carbocycles. The van der Waals surface area contributed by atoms with Gasteiger partial charge in [-0.3, -0.25) is 4.79 Å². The third-order valence-corrected chi connectivity index (χ3v) is 5.67. The van der Waals surface area contributed by atoms with Crippen molar-refractivity contribution in [2.75, 3.05) is 21.3 Å². The number of thioether (sulfide) groups is 1. The number of hydrogen-bond acceptors (Lipinski definition) is 6. The molecule has 3 rings (SSSR count). The first-order valence-electron chi connectivity index (χ1n) is 8.31. The maximum absolute atomic E-state index is 12.4. The van der Waals surface area contributed by atoms with Crippen LogP contribution in [0, 0.1) is 10.5 Å². The SMILES string of the molecule is COc1ccc(C)cc1N=C1NC(=O)/C(=C/c2cc(I)c(OC)c(OC)c2)S1. The van der Waals surface area contributed by atoms with Crippen molar-refractivity contribution in [2.24, 2.45) is 4.99 Å². The molecule has 1 heterocycles. The van der Waals surface area contributed by atoms with Crippen LogP contribution in [0.5, 0.6) is 17.2 Å². The number of amidine groups is 1. The number of aliphatic imine (C=N–C) groups is 1. The highest BCUT2D eigenvalue weighted by Gasteiger charge is 2.24. The number of benzene rings is 2. The monoisotopic (exact) mass is 510 g/mol. The molecule has 1 aliphatic rings. The quantitative estimate of drug-likeness (QED) is 0.474. The summed E-state index contributed by atoms with van der Waals surface area (Å²) in [4.78, 5) is 17.5. The standard InChI is InChI=1S/C20H19IN2O4S/c1-11-5-6-15(25-2)14(7-11)22-20-23-19(24)17(28-20)10-12-8-13(21)18(27-4)16(9-12)26-3/h5-10H,1-4H3,(H,22,23,24)/b17-10-. The van der Waals surface area contributed by atoms with Gasteiger partial charge in [-0.15, -0.1) is 0 Å². The summed E-state index contributed by atoms with van der Waals surface area (Å²) < 4.78 is 17.0. The largest absolute Gasteiger partial charge is 0.494 e. The minimum absolute atomic E-state index is 0.194. The maximum Gasteiger partial charge on any atom is 0.264 e. The van der Waals surface area contributed by atoms with Crippen molar-refractivity contribution in [1.29, 1.82) is 0 Å². The summed E-state index contributed by atoms with van der Waals surface area (Å²) in [6, 6.07) is 9.49. The number of hydrogen-bond donors (Lipinski definition) is 1. The summed E-state index contributed by atoms with van der Waals surface area (Å²) in [7, 11) is 4.78. The summed E-state index contributed by atoms with van der Waals surface area (Å²) in [6.45, 7) is 1.98. The molecule has 0 radical (unpaired) electrons. The van der Waals surface area contributed by atoms with Crippen LogP contribution >= 0.6 is 34.4 Å². The molecule has 0 aromatic heterocycles. The second kappa shape index (κ2) is 8.87. The number of aryl methyl sites for hydroxylation is 1. The number of carbonyl (C=O) groups is 1. The van der Waals surface area contributed by atoms with E-state index in [2.05, 4.69) is 32.9 Å². The Morgan fingerprint density at radius 1 is 1.07 bits per heavy atom. The lowest BCUT2D eigenvalue weighted by molar-refractivity contribution is -0.115. The van der Waals surface area contributed by atoms with Gasteiger partial charge >= 0.3 is 0 Å². The third kappa shape index (κ3) is 4.44. The van der Waals surface area contributed by atoms with Gasteiger partial charge in [-0.25, -0.2) is 4.99 Å². The van der Waals surface area contributed by atoms with Gasteiger partial charge < -0.3 is 19.5 Å². The molecule has 146 valence electrons. The Morgan fingerprint density at radius 2 is 1.82 bits per heavy atom. The van der Waals surface area contributed by atoms with Crippen LogP contribution in [0.2, 0.25) is 0 Å². The predicted octanol–water partition coefficient (Wildman–Crippen LogP) is 4.52. The molecule has 1 amide bonds. The Kier molecular flexibility index (Phi) is 6.50. The summed E-state index contributed by atoms with van der Waals surface area (Å²) >= 11 is 3.46. The highest BCUT2D eigenvalue weighted by Crippen LogP contribution is 2.36. The third-order valence-electron chi connectivity index (χ3n) is 3.96. The normalized spacial score (nSPS) is 16.4. The average molecular weight is 510 g/mol. The number of nitrogens with one attached hydrogen (secondary N) is 1. The van der Waals surface area contributed by atoms with Crippen molar-refractivity contribution in [3.8, 4) is 17.2 Å². The van der Waals surface area contributed by atoms with Gasteiger partial charge in [-0.2, -0.15) is 0 Å². The smallest absolute Gasteiger partial charge is 0.264 e. The van der Waals surface area contributed by atoms with Crippen molar-refractivity contribution in [3.05, 3.63) is 49.9 Å². The number of ether oxygens (including phenoxy) is 3. The van der Waals surface area contributed by atoms with E-state index in [0.717, 1.165) is 14.7 Å². The Hall–Kier alpha value is -2.20. The molecule has 0 bridgehead atoms. The van der Waals surface area contributed by atoms with Crippen LogP contribution in [0.3, 0.4) is 0 Å². The topological polar surface area (TPSA) is 69.2 Å². The van der Waals surface area contributed by atoms with Crippen LogP contribution in [0.1, 0.15) is 11.1 Å². The molecule has 1 fully saturated rings. The zero-order chi connectivity index (χ0) is 20.3. The van der Waals surface area contributed by atoms with Crippen LogP contribution in [-0.4, -0.2) is 32.4 Å². The van der Waals surface area contributed by atoms with Gasteiger partial charge in [0.1, 0.15) is 11.4 Å². The van der Waals surface area contributed by atoms with E-state index in [9.17, 15) is 4.79 Å². The van der Waals surface area contributed by atoms with Gasteiger partial charge in [-0.05, 0) is 82.7 Å². The molecule has 1 N–H and O–H groups in total. The van der Waals surface area contributed by atoms with Crippen molar-refractivity contribution >= 4 is 57.2 Å². The number of amides is 1. The van der Waals surface area contributed by atoms with Gasteiger partial charge in [0.05, 0.1) is 29.8 Å². The molecule has 0 aliphatic carbocycles. The summed E-state index contributed by atoms with van der Waals surface area (Å²) in [5.41, 5.74) is 2.58. The van der Waals surface area contributed by atoms with Gasteiger partial charge in [0, 0.05) is 0 Å². The van der Waals surface area contributed by atoms with Crippen LogP contribution in [0.4, 0.5) is 5.69 Å². The fourth-order valence-electron chi connectivity index (χ4n) is 2.65. The number of carbonyl (C=O) groups excluding carboxylic acids is 1. The summed E-state index contributed by atoms with van der Waals surface area (Å²) in [5, 5.41) is 3.31. The number of rotatable bonds is 5. The van der Waals surface area contributed by atoms with E-state index in [1.807, 2.05) is 37.3 Å². The highest BCUT2D eigenvalue weighted by atomic mass is 127. The molecule has 0 spiro atoms. The number of nitrogens with zero attached hydrogens (tertiary/aromatic N) is 1. The van der Waals surface area contributed by atoms with E-state index in [4.69, 9.17) is 14.2 Å². The first kappa shape index (κ1) is 20.5. The average Bonchev–Trinajstić information content (AvgIpc) is 3.00. The van der Waals surface area contributed by atoms with Crippen LogP contribution in [0.25, 0.3) is 6.08 Å². The number of halogens is 1. The summed E-state index contributed by atoms with van der Waals surface area (Å²) in [5.74, 6) is 1.74. The molecule has 0 saturated carbocycles. The minimum Gasteiger partial charge on any atom is -0.494 e. The minimum atomic E-state index is -0.194. The van der Waals surface area contributed by atoms with Gasteiger partial charge in [0.2, 0.25) is 0 Å². The number of methoxy groups -OCH3 is 3. The highest BCUT2D eigenvalue weighted by molar-refractivity contribution is 14.1. The van der Waals surface area contributed by atoms with Crippen LogP contribution in [0.15, 0.2) is 40.2 Å². The fraction of sp³-hybridized carbons (Fsp3) is 0.200. The fourth-order valence-corrected chi connectivity index (χ4v) is 4.33. The van der Waals surface area contributed by atoms with E-state index in [1.165, 1.54) is 11.8 Å². The Bertz CT molecular complexity index is 988. The molecular formula is C20H19IN2O4S. The summed E-state index contributed by atoms with van der Waals surface area (Å²) in [6.07, 6.45) is 1.81. The second-order valence-corrected chi connectivity index (χ2v) is 8.09. The van der Waals surface area contributed by atoms with Crippen molar-refractivity contribution < 1.29 is 19.0 Å². The van der Waals surface area contributed by atoms with Crippen molar-refractivity contribution in [3.63, 3.8) is 0 Å². The first-order chi connectivity index (χ1) is 13.4. The molecule has 6 nitrogen and oxygen atoms in total. The van der Waals surface area contributed by atoms with Crippen molar-refractivity contribution in [1.82, 2.24) is 5.32 Å². The Labute approximate surface area is 181 Å². The van der Waals surface area contributed by atoms with E-state index in [-0.39, 0.29) is 5.91 Å². The zero-order valence-corrected chi connectivity index (χ0v) is 18.8. The first-order valence-corrected chi connectivity index (χ1v) is 10.2. The van der Waals surface area contributed by atoms with Crippen LogP contribution in [-0.2, 0) is 4.79 Å². The lowest BCUT2D eigenvalue weighted by Crippen LogP contribution is -2.19. The molecular weight excluding hydrogens is 491 g/mol. The zero-order valence-electron chi connectivity index (χ0n) is 15.8. The second-order valence-electron chi connectivity index (χ2n) is 5.90. The molecule has 0 atom stereocenters. The Balaban J connectivity index is 1.91. The molecule has 8 heteroatoms. The Morgan fingerprint density at radius 3 is 2.50 bits per heavy atom. The molecule has 0 unspecified atom stereocenters. The molecule has 28 heavy (non-hydrogen) atoms. The van der Waals surface area contributed by atoms with Gasteiger partial charge in [0.15, 0.2) is 16.7 Å². The van der Waals surface area contributed by atoms with Gasteiger partial charge in [-0.1, -0.05) is 6.07 Å². The van der Waals surface area contributed by atoms with Crippen LogP contribution < -0.4 is 19.5 Å². The van der Waals surface area contributed by atoms with E-state index in [1.54, 1.807) is 27.4 Å². The maximum atomic E-state index is 12.4. The molecule has 2 aromatic rings. The van der Waals surface area contributed by atoms with Gasteiger partial charge in [0.25, 0.3) is 5.91 Å². The predicted molar refractivity (Wildman–Crippen MR) is 121 cm³/mol. The van der Waals surface area contributed by atoms with E-state index in [0.29, 0.717) is 33.0 Å². The lowest BCUT2D eigenvalue weighted by atomic mass is 10.2. The molecule has 1 aliphatic heterocycles. The van der Waals surface area contributed by atoms with E-state index < -0.39 is 0 Å². The lowest BCUT2D eigenvalue weighted by Gasteiger charge is -2.10. The van der Waals surface area contributed by atoms with Crippen molar-refractivity contribution in [2.45, 2.75) is 6.92 Å². The van der Waals surface area contributed by atoms with E-state index >= 15 is 0 Å².